The van der Waals surface area contributed by atoms with E-state index in [-0.39, 0.29) is 29.7 Å². The molecule has 5 nitrogen and oxygen atoms in total. The standard InChI is InChI=1S/C14H14ClFN2O3S2/c1-23(20,21)18(10-4-5-12(16)11(15)9-10)7-6-17-14(19)13-3-2-8-22-13/h2-5,8-9H,6-7H2,1H3,(H,17,19). The Morgan fingerprint density at radius 3 is 2.70 bits per heavy atom. The lowest BCUT2D eigenvalue weighted by Gasteiger charge is -2.22. The highest BCUT2D eigenvalue weighted by atomic mass is 35.5. The van der Waals surface area contributed by atoms with E-state index >= 15 is 0 Å². The third-order valence-corrected chi connectivity index (χ3v) is 5.29. The van der Waals surface area contributed by atoms with Crippen molar-refractivity contribution in [2.24, 2.45) is 0 Å². The number of anilines is 1. The molecule has 0 saturated heterocycles. The normalized spacial score (nSPS) is 11.3. The van der Waals surface area contributed by atoms with E-state index in [9.17, 15) is 17.6 Å². The fourth-order valence-corrected chi connectivity index (χ4v) is 3.63. The number of benzene rings is 1. The van der Waals surface area contributed by atoms with Crippen molar-refractivity contribution in [3.8, 4) is 0 Å². The maximum Gasteiger partial charge on any atom is 0.261 e. The number of thiophene rings is 1. The summed E-state index contributed by atoms with van der Waals surface area (Å²) in [5, 5.41) is 4.25. The van der Waals surface area contributed by atoms with Crippen LogP contribution in [-0.2, 0) is 10.0 Å². The first-order valence-electron chi connectivity index (χ1n) is 6.53. The van der Waals surface area contributed by atoms with Crippen LogP contribution in [-0.4, -0.2) is 33.7 Å². The minimum Gasteiger partial charge on any atom is -0.350 e. The number of halogens is 2. The van der Waals surface area contributed by atoms with Crippen molar-refractivity contribution >= 4 is 44.6 Å². The average Bonchev–Trinajstić information content (AvgIpc) is 2.99. The van der Waals surface area contributed by atoms with Gasteiger partial charge in [0.15, 0.2) is 0 Å². The Labute approximate surface area is 142 Å². The van der Waals surface area contributed by atoms with Gasteiger partial charge in [-0.1, -0.05) is 17.7 Å². The quantitative estimate of drug-likeness (QED) is 0.843. The Balaban J connectivity index is 2.08. The summed E-state index contributed by atoms with van der Waals surface area (Å²) in [4.78, 5) is 12.4. The van der Waals surface area contributed by atoms with Crippen molar-refractivity contribution in [1.29, 1.82) is 0 Å². The number of amides is 1. The molecule has 124 valence electrons. The minimum atomic E-state index is -3.60. The molecule has 2 rings (SSSR count). The van der Waals surface area contributed by atoms with Crippen LogP contribution >= 0.6 is 22.9 Å². The molecule has 9 heteroatoms. The molecule has 0 aliphatic heterocycles. The molecule has 0 radical (unpaired) electrons. The zero-order valence-corrected chi connectivity index (χ0v) is 14.5. The molecule has 1 aromatic heterocycles. The molecule has 0 bridgehead atoms. The van der Waals surface area contributed by atoms with Crippen molar-refractivity contribution in [2.45, 2.75) is 0 Å². The maximum absolute atomic E-state index is 13.2. The van der Waals surface area contributed by atoms with E-state index < -0.39 is 15.8 Å². The second kappa shape index (κ2) is 7.29. The minimum absolute atomic E-state index is 0.0118. The Morgan fingerprint density at radius 1 is 1.39 bits per heavy atom. The van der Waals surface area contributed by atoms with E-state index in [4.69, 9.17) is 11.6 Å². The first-order valence-corrected chi connectivity index (χ1v) is 9.64. The molecule has 1 N–H and O–H groups in total. The Bertz CT molecular complexity index is 794. The zero-order chi connectivity index (χ0) is 17.0. The summed E-state index contributed by atoms with van der Waals surface area (Å²) in [6.07, 6.45) is 1.03. The van der Waals surface area contributed by atoms with Crippen LogP contribution < -0.4 is 9.62 Å². The van der Waals surface area contributed by atoms with Crippen molar-refractivity contribution in [1.82, 2.24) is 5.32 Å². The SMILES string of the molecule is CS(=O)(=O)N(CCNC(=O)c1cccs1)c1ccc(F)c(Cl)c1. The van der Waals surface area contributed by atoms with E-state index in [2.05, 4.69) is 5.32 Å². The first-order chi connectivity index (χ1) is 10.8. The van der Waals surface area contributed by atoms with Gasteiger partial charge in [0, 0.05) is 6.54 Å². The van der Waals surface area contributed by atoms with Gasteiger partial charge in [-0.25, -0.2) is 12.8 Å². The van der Waals surface area contributed by atoms with Gasteiger partial charge in [0.25, 0.3) is 5.91 Å². The summed E-state index contributed by atoms with van der Waals surface area (Å²) < 4.78 is 38.1. The Kier molecular flexibility index (Phi) is 5.61. The summed E-state index contributed by atoms with van der Waals surface area (Å²) in [5.41, 5.74) is 0.240. The molecular formula is C14H14ClFN2O3S2. The number of sulfonamides is 1. The fourth-order valence-electron chi connectivity index (χ4n) is 1.89. The van der Waals surface area contributed by atoms with Crippen molar-refractivity contribution < 1.29 is 17.6 Å². The summed E-state index contributed by atoms with van der Waals surface area (Å²) in [6, 6.07) is 7.08. The summed E-state index contributed by atoms with van der Waals surface area (Å²) >= 11 is 6.99. The van der Waals surface area contributed by atoms with Gasteiger partial charge in [0.05, 0.1) is 28.4 Å². The summed E-state index contributed by atoms with van der Waals surface area (Å²) in [7, 11) is -3.60. The van der Waals surface area contributed by atoms with Gasteiger partial charge in [0.2, 0.25) is 10.0 Å². The molecule has 1 amide bonds. The highest BCUT2D eigenvalue weighted by Crippen LogP contribution is 2.24. The molecule has 1 aromatic carbocycles. The molecule has 1 heterocycles. The fraction of sp³-hybridized carbons (Fsp3) is 0.214. The molecule has 0 atom stereocenters. The molecule has 0 fully saturated rings. The molecule has 0 saturated carbocycles. The molecule has 0 aliphatic rings. The lowest BCUT2D eigenvalue weighted by molar-refractivity contribution is 0.0959. The van der Waals surface area contributed by atoms with E-state index in [0.29, 0.717) is 4.88 Å². The van der Waals surface area contributed by atoms with Crippen LogP contribution in [0.3, 0.4) is 0 Å². The van der Waals surface area contributed by atoms with Crippen LogP contribution in [0.5, 0.6) is 0 Å². The van der Waals surface area contributed by atoms with Crippen LogP contribution in [0.4, 0.5) is 10.1 Å². The van der Waals surface area contributed by atoms with Gasteiger partial charge in [-0.3, -0.25) is 9.10 Å². The largest absolute Gasteiger partial charge is 0.350 e. The van der Waals surface area contributed by atoms with Crippen LogP contribution in [0.2, 0.25) is 5.02 Å². The van der Waals surface area contributed by atoms with Crippen LogP contribution in [0.25, 0.3) is 0 Å². The Hall–Kier alpha value is -1.64. The van der Waals surface area contributed by atoms with Crippen molar-refractivity contribution in [3.63, 3.8) is 0 Å². The number of nitrogens with one attached hydrogen (secondary N) is 1. The van der Waals surface area contributed by atoms with Gasteiger partial charge in [-0.2, -0.15) is 0 Å². The molecule has 0 unspecified atom stereocenters. The smallest absolute Gasteiger partial charge is 0.261 e. The van der Waals surface area contributed by atoms with Gasteiger partial charge >= 0.3 is 0 Å². The van der Waals surface area contributed by atoms with Crippen molar-refractivity contribution in [2.75, 3.05) is 23.7 Å². The van der Waals surface area contributed by atoms with Gasteiger partial charge < -0.3 is 5.32 Å². The average molecular weight is 377 g/mol. The molecule has 0 spiro atoms. The van der Waals surface area contributed by atoms with E-state index in [1.54, 1.807) is 17.5 Å². The number of carbonyl (C=O) groups is 1. The topological polar surface area (TPSA) is 66.5 Å². The van der Waals surface area contributed by atoms with E-state index in [0.717, 1.165) is 16.6 Å². The molecule has 23 heavy (non-hydrogen) atoms. The summed E-state index contributed by atoms with van der Waals surface area (Å²) in [6.45, 7) is 0.122. The monoisotopic (exact) mass is 376 g/mol. The third-order valence-electron chi connectivity index (χ3n) is 2.94. The predicted octanol–water partition coefficient (Wildman–Crippen LogP) is 2.74. The second-order valence-corrected chi connectivity index (χ2v) is 7.93. The highest BCUT2D eigenvalue weighted by molar-refractivity contribution is 7.92. The van der Waals surface area contributed by atoms with Gasteiger partial charge in [0.1, 0.15) is 5.82 Å². The highest BCUT2D eigenvalue weighted by Gasteiger charge is 2.18. The first kappa shape index (κ1) is 17.7. The molecular weight excluding hydrogens is 363 g/mol. The number of rotatable bonds is 6. The third kappa shape index (κ3) is 4.66. The summed E-state index contributed by atoms with van der Waals surface area (Å²) in [5.74, 6) is -0.902. The second-order valence-electron chi connectivity index (χ2n) is 4.67. The molecule has 2 aromatic rings. The number of carbonyl (C=O) groups excluding carboxylic acids is 1. The van der Waals surface area contributed by atoms with Crippen LogP contribution in [0.15, 0.2) is 35.7 Å². The lowest BCUT2D eigenvalue weighted by atomic mass is 10.3. The lowest BCUT2D eigenvalue weighted by Crippen LogP contribution is -2.38. The van der Waals surface area contributed by atoms with E-state index in [1.165, 1.54) is 23.5 Å². The number of hydrogen-bond donors (Lipinski definition) is 1. The number of hydrogen-bond acceptors (Lipinski definition) is 4. The Morgan fingerprint density at radius 2 is 2.13 bits per heavy atom. The molecule has 0 aliphatic carbocycles. The van der Waals surface area contributed by atoms with E-state index in [1.807, 2.05) is 0 Å². The van der Waals surface area contributed by atoms with Crippen LogP contribution in [0, 0.1) is 5.82 Å². The zero-order valence-electron chi connectivity index (χ0n) is 12.1. The van der Waals surface area contributed by atoms with Gasteiger partial charge in [-0.15, -0.1) is 11.3 Å². The number of nitrogens with zero attached hydrogens (tertiary/aromatic N) is 1. The van der Waals surface area contributed by atoms with Crippen LogP contribution in [0.1, 0.15) is 9.67 Å². The van der Waals surface area contributed by atoms with Gasteiger partial charge in [-0.05, 0) is 29.6 Å². The van der Waals surface area contributed by atoms with Crippen molar-refractivity contribution in [3.05, 3.63) is 51.4 Å². The predicted molar refractivity (Wildman–Crippen MR) is 90.3 cm³/mol. The maximum atomic E-state index is 13.2.